The summed E-state index contributed by atoms with van der Waals surface area (Å²) in [5.74, 6) is 0.893. The second-order valence-corrected chi connectivity index (χ2v) is 6.50. The van der Waals surface area contributed by atoms with Gasteiger partial charge in [-0.1, -0.05) is 11.6 Å². The second-order valence-electron chi connectivity index (χ2n) is 6.07. The molecule has 4 rings (SSSR count). The number of aromatic nitrogens is 1. The van der Waals surface area contributed by atoms with Crippen LogP contribution in [0.4, 0.5) is 5.69 Å². The Hall–Kier alpha value is -2.59. The lowest BCUT2D eigenvalue weighted by Crippen LogP contribution is -2.13. The van der Waals surface area contributed by atoms with E-state index >= 15 is 0 Å². The Morgan fingerprint density at radius 2 is 2.04 bits per heavy atom. The lowest BCUT2D eigenvalue weighted by Gasteiger charge is -2.19. The van der Waals surface area contributed by atoms with E-state index in [1.54, 1.807) is 13.3 Å². The number of rotatable bonds is 3. The summed E-state index contributed by atoms with van der Waals surface area (Å²) in [4.78, 5) is 4.37. The van der Waals surface area contributed by atoms with Crippen molar-refractivity contribution in [3.63, 3.8) is 0 Å². The van der Waals surface area contributed by atoms with Crippen LogP contribution in [-0.4, -0.2) is 17.8 Å². The number of fused-ring (bicyclic) bond motifs is 2. The number of hydrogen-bond donors (Lipinski definition) is 1. The number of methoxy groups -OCH3 is 1. The summed E-state index contributed by atoms with van der Waals surface area (Å²) in [6, 6.07) is 13.8. The zero-order chi connectivity index (χ0) is 17.2. The molecule has 0 bridgehead atoms. The summed E-state index contributed by atoms with van der Waals surface area (Å²) in [6.45, 7) is 0. The molecule has 2 aromatic carbocycles. The highest BCUT2D eigenvalue weighted by Gasteiger charge is 2.16. The van der Waals surface area contributed by atoms with Gasteiger partial charge in [-0.2, -0.15) is 5.10 Å². The summed E-state index contributed by atoms with van der Waals surface area (Å²) in [5.41, 5.74) is 8.56. The molecule has 0 atom stereocenters. The highest BCUT2D eigenvalue weighted by atomic mass is 35.5. The predicted molar refractivity (Wildman–Crippen MR) is 103 cm³/mol. The van der Waals surface area contributed by atoms with Crippen LogP contribution in [0.25, 0.3) is 10.9 Å². The molecule has 0 saturated carbocycles. The van der Waals surface area contributed by atoms with Crippen molar-refractivity contribution in [1.29, 1.82) is 0 Å². The smallest absolute Gasteiger partial charge is 0.119 e. The van der Waals surface area contributed by atoms with Gasteiger partial charge in [-0.3, -0.25) is 10.4 Å². The van der Waals surface area contributed by atoms with Gasteiger partial charge < -0.3 is 4.74 Å². The van der Waals surface area contributed by atoms with Crippen LogP contribution < -0.4 is 10.2 Å². The molecule has 0 fully saturated rings. The fourth-order valence-electron chi connectivity index (χ4n) is 3.23. The SMILES string of the molecule is COc1ccc2c(c1)CCCC2=NNc1ccnc2cc(Cl)ccc12. The molecule has 0 aliphatic heterocycles. The number of nitrogens with zero attached hydrogens (tertiary/aromatic N) is 2. The first kappa shape index (κ1) is 15.9. The molecule has 1 aromatic heterocycles. The zero-order valence-corrected chi connectivity index (χ0v) is 14.7. The van der Waals surface area contributed by atoms with E-state index in [0.29, 0.717) is 5.02 Å². The van der Waals surface area contributed by atoms with Crippen LogP contribution in [0.3, 0.4) is 0 Å². The number of halogens is 1. The van der Waals surface area contributed by atoms with Crippen molar-refractivity contribution in [2.24, 2.45) is 5.10 Å². The number of benzene rings is 2. The Kier molecular flexibility index (Phi) is 4.28. The quantitative estimate of drug-likeness (QED) is 0.672. The summed E-state index contributed by atoms with van der Waals surface area (Å²) in [6.07, 6.45) is 4.87. The zero-order valence-electron chi connectivity index (χ0n) is 13.9. The molecular formula is C20H18ClN3O. The highest BCUT2D eigenvalue weighted by Crippen LogP contribution is 2.27. The highest BCUT2D eigenvalue weighted by molar-refractivity contribution is 6.31. The van der Waals surface area contributed by atoms with Crippen LogP contribution in [0, 0.1) is 0 Å². The third-order valence-corrected chi connectivity index (χ3v) is 4.73. The molecule has 25 heavy (non-hydrogen) atoms. The average Bonchev–Trinajstić information content (AvgIpc) is 2.65. The Morgan fingerprint density at radius 1 is 1.12 bits per heavy atom. The lowest BCUT2D eigenvalue weighted by molar-refractivity contribution is 0.414. The van der Waals surface area contributed by atoms with Gasteiger partial charge in [-0.15, -0.1) is 0 Å². The maximum atomic E-state index is 6.05. The minimum Gasteiger partial charge on any atom is -0.497 e. The standard InChI is InChI=1S/C20H18ClN3O/c1-25-15-6-8-16-13(11-15)3-2-4-18(16)23-24-19-9-10-22-20-12-14(21)5-7-17(19)20/h5-12H,2-4H2,1H3,(H,22,24). The molecule has 0 radical (unpaired) electrons. The molecule has 126 valence electrons. The van der Waals surface area contributed by atoms with Crippen molar-refractivity contribution in [2.45, 2.75) is 19.3 Å². The maximum Gasteiger partial charge on any atom is 0.119 e. The first-order valence-electron chi connectivity index (χ1n) is 8.29. The van der Waals surface area contributed by atoms with Crippen LogP contribution in [0.5, 0.6) is 5.75 Å². The molecule has 0 unspecified atom stereocenters. The van der Waals surface area contributed by atoms with E-state index in [4.69, 9.17) is 16.3 Å². The monoisotopic (exact) mass is 351 g/mol. The third kappa shape index (κ3) is 3.17. The maximum absolute atomic E-state index is 6.05. The van der Waals surface area contributed by atoms with Crippen molar-refractivity contribution in [2.75, 3.05) is 12.5 Å². The fourth-order valence-corrected chi connectivity index (χ4v) is 3.40. The predicted octanol–water partition coefficient (Wildman–Crippen LogP) is 5.05. The Labute approximate surface area is 151 Å². The van der Waals surface area contributed by atoms with Gasteiger partial charge in [0.05, 0.1) is 24.0 Å². The number of ether oxygens (including phenoxy) is 1. The second kappa shape index (κ2) is 6.73. The molecule has 1 aliphatic carbocycles. The van der Waals surface area contributed by atoms with Crippen molar-refractivity contribution in [1.82, 2.24) is 4.98 Å². The van der Waals surface area contributed by atoms with Gasteiger partial charge in [0.15, 0.2) is 0 Å². The van der Waals surface area contributed by atoms with Gasteiger partial charge in [0.25, 0.3) is 0 Å². The Balaban J connectivity index is 1.68. The van der Waals surface area contributed by atoms with Gasteiger partial charge in [-0.05, 0) is 67.3 Å². The Bertz CT molecular complexity index is 968. The molecule has 3 aromatic rings. The molecule has 1 N–H and O–H groups in total. The van der Waals surface area contributed by atoms with E-state index in [2.05, 4.69) is 27.6 Å². The van der Waals surface area contributed by atoms with Gasteiger partial charge in [0, 0.05) is 22.2 Å². The van der Waals surface area contributed by atoms with E-state index in [9.17, 15) is 0 Å². The van der Waals surface area contributed by atoms with E-state index in [0.717, 1.165) is 47.3 Å². The van der Waals surface area contributed by atoms with Gasteiger partial charge in [-0.25, -0.2) is 0 Å². The van der Waals surface area contributed by atoms with Crippen LogP contribution in [-0.2, 0) is 6.42 Å². The van der Waals surface area contributed by atoms with Crippen LogP contribution >= 0.6 is 11.6 Å². The van der Waals surface area contributed by atoms with Crippen molar-refractivity contribution in [3.8, 4) is 5.75 Å². The van der Waals surface area contributed by atoms with E-state index in [1.807, 2.05) is 30.3 Å². The van der Waals surface area contributed by atoms with Gasteiger partial charge >= 0.3 is 0 Å². The molecule has 0 saturated heterocycles. The van der Waals surface area contributed by atoms with Crippen LogP contribution in [0.15, 0.2) is 53.8 Å². The lowest BCUT2D eigenvalue weighted by atomic mass is 9.90. The van der Waals surface area contributed by atoms with E-state index in [-0.39, 0.29) is 0 Å². The Morgan fingerprint density at radius 3 is 2.92 bits per heavy atom. The molecule has 1 aliphatic rings. The summed E-state index contributed by atoms with van der Waals surface area (Å²) in [5, 5.41) is 6.37. The first-order valence-corrected chi connectivity index (χ1v) is 8.66. The molecular weight excluding hydrogens is 334 g/mol. The molecule has 1 heterocycles. The van der Waals surface area contributed by atoms with Gasteiger partial charge in [0.1, 0.15) is 5.75 Å². The fraction of sp³-hybridized carbons (Fsp3) is 0.200. The summed E-state index contributed by atoms with van der Waals surface area (Å²) in [7, 11) is 1.70. The van der Waals surface area contributed by atoms with Crippen molar-refractivity contribution < 1.29 is 4.74 Å². The first-order chi connectivity index (χ1) is 12.2. The van der Waals surface area contributed by atoms with Crippen LogP contribution in [0.1, 0.15) is 24.0 Å². The molecule has 0 spiro atoms. The average molecular weight is 352 g/mol. The topological polar surface area (TPSA) is 46.5 Å². The number of pyridine rings is 1. The third-order valence-electron chi connectivity index (χ3n) is 4.50. The molecule has 0 amide bonds. The number of nitrogens with one attached hydrogen (secondary N) is 1. The number of hydrogen-bond acceptors (Lipinski definition) is 4. The van der Waals surface area contributed by atoms with Gasteiger partial charge in [0.2, 0.25) is 0 Å². The minimum absolute atomic E-state index is 0.679. The largest absolute Gasteiger partial charge is 0.497 e. The number of hydrazone groups is 1. The normalized spacial score (nSPS) is 15.2. The number of aryl methyl sites for hydroxylation is 1. The molecule has 4 nitrogen and oxygen atoms in total. The summed E-state index contributed by atoms with van der Waals surface area (Å²) < 4.78 is 5.33. The molecule has 5 heteroatoms. The van der Waals surface area contributed by atoms with Crippen molar-refractivity contribution >= 4 is 33.9 Å². The number of anilines is 1. The minimum atomic E-state index is 0.679. The van der Waals surface area contributed by atoms with Crippen molar-refractivity contribution in [3.05, 3.63) is 64.8 Å². The van der Waals surface area contributed by atoms with E-state index in [1.165, 1.54) is 11.1 Å². The summed E-state index contributed by atoms with van der Waals surface area (Å²) >= 11 is 6.05. The van der Waals surface area contributed by atoms with E-state index < -0.39 is 0 Å². The van der Waals surface area contributed by atoms with Crippen LogP contribution in [0.2, 0.25) is 5.02 Å².